The molecule has 1 aromatic carbocycles. The minimum atomic E-state index is -0.307. The van der Waals surface area contributed by atoms with Crippen molar-refractivity contribution in [1.82, 2.24) is 0 Å². The van der Waals surface area contributed by atoms with Crippen LogP contribution in [-0.4, -0.2) is 91.4 Å². The predicted molar refractivity (Wildman–Crippen MR) is 209 cm³/mol. The molecular formula is C34H76O8Si4. The molecule has 0 amide bonds. The second-order valence-electron chi connectivity index (χ2n) is 10.4. The van der Waals surface area contributed by atoms with Crippen LogP contribution in [0.5, 0.6) is 11.5 Å². The monoisotopic (exact) mass is 724 g/mol. The molecule has 0 saturated heterocycles. The minimum absolute atomic E-state index is 0.131. The van der Waals surface area contributed by atoms with Crippen LogP contribution in [-0.2, 0) is 28.4 Å². The highest BCUT2D eigenvalue weighted by molar-refractivity contribution is 6.33. The van der Waals surface area contributed by atoms with Crippen molar-refractivity contribution in [2.75, 3.05) is 52.9 Å². The van der Waals surface area contributed by atoms with E-state index in [-0.39, 0.29) is 29.0 Å². The van der Waals surface area contributed by atoms with Crippen molar-refractivity contribution in [3.05, 3.63) is 24.3 Å². The van der Waals surface area contributed by atoms with E-state index in [2.05, 4.69) is 46.5 Å². The Bertz CT molecular complexity index is 606. The molecule has 0 bridgehead atoms. The van der Waals surface area contributed by atoms with Crippen LogP contribution < -0.4 is 9.47 Å². The van der Waals surface area contributed by atoms with Crippen LogP contribution >= 0.6 is 0 Å². The molecule has 0 fully saturated rings. The zero-order valence-corrected chi connectivity index (χ0v) is 37.2. The third kappa shape index (κ3) is 47.9. The molecule has 1 aromatic rings. The average Bonchev–Trinajstić information content (AvgIpc) is 3.08. The van der Waals surface area contributed by atoms with Gasteiger partial charge in [-0.2, -0.15) is 0 Å². The molecule has 0 spiro atoms. The van der Waals surface area contributed by atoms with E-state index in [1.807, 2.05) is 52.0 Å². The van der Waals surface area contributed by atoms with E-state index < -0.39 is 0 Å². The van der Waals surface area contributed by atoms with Crippen LogP contribution in [0.2, 0.25) is 37.3 Å². The van der Waals surface area contributed by atoms with Crippen LogP contribution in [0, 0.1) is 0 Å². The molecular weight excluding hydrogens is 649 g/mol. The van der Waals surface area contributed by atoms with Gasteiger partial charge in [0.2, 0.25) is 0 Å². The molecule has 12 heteroatoms. The zero-order chi connectivity index (χ0) is 34.6. The van der Waals surface area contributed by atoms with Gasteiger partial charge in [-0.1, -0.05) is 63.7 Å². The summed E-state index contributed by atoms with van der Waals surface area (Å²) in [6, 6.07) is 13.5. The van der Waals surface area contributed by atoms with Crippen molar-refractivity contribution in [3.8, 4) is 11.5 Å². The molecule has 0 N–H and O–H groups in total. The fourth-order valence-electron chi connectivity index (χ4n) is 3.81. The van der Waals surface area contributed by atoms with Gasteiger partial charge in [-0.3, -0.25) is 0 Å². The lowest BCUT2D eigenvalue weighted by Gasteiger charge is -2.08. The Kier molecular flexibility index (Phi) is 52.9. The van der Waals surface area contributed by atoms with Gasteiger partial charge in [0.15, 0.2) is 19.5 Å². The quantitative estimate of drug-likeness (QED) is 0.0385. The summed E-state index contributed by atoms with van der Waals surface area (Å²) in [4.78, 5) is 17.9. The number of unbranched alkanes of at least 4 members (excludes halogenated alkanes) is 5. The number of hydrogen-bond acceptors (Lipinski definition) is 8. The van der Waals surface area contributed by atoms with Crippen molar-refractivity contribution < 1.29 is 37.9 Å². The molecule has 0 unspecified atom stereocenters. The molecule has 8 nitrogen and oxygen atoms in total. The third-order valence-corrected chi connectivity index (χ3v) is 11.6. The highest BCUT2D eigenvalue weighted by Crippen LogP contribution is 2.18. The average molecular weight is 725 g/mol. The van der Waals surface area contributed by atoms with Crippen molar-refractivity contribution >= 4 is 38.6 Å². The summed E-state index contributed by atoms with van der Waals surface area (Å²) in [6.45, 7) is 22.4. The second kappa shape index (κ2) is 48.8. The molecule has 0 aromatic heterocycles. The number of ether oxygens (including phenoxy) is 2. The van der Waals surface area contributed by atoms with Crippen LogP contribution in [0.1, 0.15) is 92.9 Å². The highest BCUT2D eigenvalue weighted by Gasteiger charge is 1.98. The van der Waals surface area contributed by atoms with Crippen molar-refractivity contribution in [2.24, 2.45) is 0 Å². The molecule has 0 heterocycles. The summed E-state index contributed by atoms with van der Waals surface area (Å²) in [5.74, 6) is 1.87. The van der Waals surface area contributed by atoms with E-state index in [1.54, 1.807) is 6.04 Å². The van der Waals surface area contributed by atoms with Gasteiger partial charge >= 0.3 is 0 Å². The topological polar surface area (TPSA) is 73.8 Å². The largest absolute Gasteiger partial charge is 0.494 e. The van der Waals surface area contributed by atoms with Crippen LogP contribution in [0.15, 0.2) is 24.3 Å². The smallest absolute Gasteiger partial charge is 0.161 e. The number of rotatable bonds is 29. The Morgan fingerprint density at radius 3 is 1.11 bits per heavy atom. The first-order valence-electron chi connectivity index (χ1n) is 18.6. The van der Waals surface area contributed by atoms with E-state index in [0.29, 0.717) is 35.9 Å². The summed E-state index contributed by atoms with van der Waals surface area (Å²) < 4.78 is 22.3. The minimum Gasteiger partial charge on any atom is -0.494 e. The summed E-state index contributed by atoms with van der Waals surface area (Å²) in [6.07, 6.45) is 11.1. The predicted octanol–water partition coefficient (Wildman–Crippen LogP) is 6.85. The molecule has 0 aliphatic heterocycles. The SMILES string of the molecule is CCOOCC.CCOOCC.CCO[SiH2]CCCCCCCC[SiH2]C.CCO[SiH2]CCCOc1ccc(OCCC[SiH2]C)cc1. The van der Waals surface area contributed by atoms with Gasteiger partial charge in [-0.05, 0) is 90.7 Å². The summed E-state index contributed by atoms with van der Waals surface area (Å²) in [7, 11) is 0.0955. The maximum absolute atomic E-state index is 5.70. The first-order valence-corrected chi connectivity index (χ1v) is 26.6. The van der Waals surface area contributed by atoms with Gasteiger partial charge in [0.25, 0.3) is 0 Å². The first kappa shape index (κ1) is 49.8. The molecule has 0 aliphatic rings. The highest BCUT2D eigenvalue weighted by atomic mass is 28.2. The lowest BCUT2D eigenvalue weighted by molar-refractivity contribution is -0.287. The Hall–Kier alpha value is -0.552. The molecule has 1 rings (SSSR count). The summed E-state index contributed by atoms with van der Waals surface area (Å²) in [5.41, 5.74) is 0. The van der Waals surface area contributed by atoms with E-state index in [1.165, 1.54) is 63.1 Å². The van der Waals surface area contributed by atoms with Crippen molar-refractivity contribution in [2.45, 2.75) is 130 Å². The van der Waals surface area contributed by atoms with Gasteiger partial charge in [0, 0.05) is 32.3 Å². The van der Waals surface area contributed by atoms with Gasteiger partial charge in [0.1, 0.15) is 11.5 Å². The second-order valence-corrected chi connectivity index (χ2v) is 16.9. The molecule has 0 atom stereocenters. The Morgan fingerprint density at radius 1 is 0.413 bits per heavy atom. The van der Waals surface area contributed by atoms with E-state index in [9.17, 15) is 0 Å². The van der Waals surface area contributed by atoms with Gasteiger partial charge in [-0.25, -0.2) is 19.6 Å². The van der Waals surface area contributed by atoms with Crippen LogP contribution in [0.25, 0.3) is 0 Å². The summed E-state index contributed by atoms with van der Waals surface area (Å²) in [5, 5.41) is 0. The van der Waals surface area contributed by atoms with Gasteiger partial charge in [-0.15, -0.1) is 0 Å². The van der Waals surface area contributed by atoms with Crippen molar-refractivity contribution in [1.29, 1.82) is 0 Å². The standard InChI is InChI=1S/C15H28O3Si2.C11H28OSi2.2C4H10O2/c1-3-18-20-13-5-11-17-15-8-6-14(7-9-15)16-10-4-12-19-2;1-3-12-14-11-9-7-5-4-6-8-10-13-2;2*1-3-5-6-4-2/h6-9H,3-5,10-13,19-20H2,1-2H3;3-11,13-14H2,1-2H3;2*3-4H2,1-2H3. The first-order chi connectivity index (χ1) is 22.6. The van der Waals surface area contributed by atoms with Gasteiger partial charge in [0.05, 0.1) is 39.6 Å². The lowest BCUT2D eigenvalue weighted by atomic mass is 10.1. The zero-order valence-electron chi connectivity index (χ0n) is 31.5. The fraction of sp³-hybridized carbons (Fsp3) is 0.824. The number of benzene rings is 1. The van der Waals surface area contributed by atoms with Crippen molar-refractivity contribution in [3.63, 3.8) is 0 Å². The van der Waals surface area contributed by atoms with E-state index in [0.717, 1.165) is 44.3 Å². The molecule has 0 radical (unpaired) electrons. The maximum Gasteiger partial charge on any atom is 0.161 e. The number of hydrogen-bond donors (Lipinski definition) is 0. The normalized spacial score (nSPS) is 11.2. The molecule has 276 valence electrons. The Morgan fingerprint density at radius 2 is 0.739 bits per heavy atom. The molecule has 46 heavy (non-hydrogen) atoms. The molecule has 0 saturated carbocycles. The van der Waals surface area contributed by atoms with E-state index >= 15 is 0 Å². The lowest BCUT2D eigenvalue weighted by Crippen LogP contribution is -2.02. The Balaban J connectivity index is -0.000000613. The third-order valence-electron chi connectivity index (χ3n) is 6.23. The summed E-state index contributed by atoms with van der Waals surface area (Å²) >= 11 is 0. The molecule has 0 aliphatic carbocycles. The Labute approximate surface area is 294 Å². The van der Waals surface area contributed by atoms with Gasteiger partial charge < -0.3 is 18.3 Å². The van der Waals surface area contributed by atoms with Crippen LogP contribution in [0.3, 0.4) is 0 Å². The maximum atomic E-state index is 5.70. The van der Waals surface area contributed by atoms with E-state index in [4.69, 9.17) is 18.3 Å². The van der Waals surface area contributed by atoms with Crippen LogP contribution in [0.4, 0.5) is 0 Å². The fourth-order valence-corrected chi connectivity index (χ4v) is 7.32.